The zero-order valence-corrected chi connectivity index (χ0v) is 11.2. The van der Waals surface area contributed by atoms with E-state index in [0.29, 0.717) is 17.7 Å². The van der Waals surface area contributed by atoms with E-state index >= 15 is 0 Å². The Kier molecular flexibility index (Phi) is 2.98. The highest BCUT2D eigenvalue weighted by Crippen LogP contribution is 2.14. The van der Waals surface area contributed by atoms with Gasteiger partial charge in [0.05, 0.1) is 6.54 Å². The average molecular weight is 269 g/mol. The molecule has 0 atom stereocenters. The number of nitrogens with two attached hydrogens (primary N) is 1. The summed E-state index contributed by atoms with van der Waals surface area (Å²) in [6.07, 6.45) is 1.65. The largest absolute Gasteiger partial charge is 0.385 e. The van der Waals surface area contributed by atoms with E-state index < -0.39 is 0 Å². The van der Waals surface area contributed by atoms with E-state index in [1.165, 1.54) is 4.57 Å². The zero-order chi connectivity index (χ0) is 14.1. The van der Waals surface area contributed by atoms with Gasteiger partial charge in [-0.1, -0.05) is 18.2 Å². The van der Waals surface area contributed by atoms with Crippen LogP contribution >= 0.6 is 0 Å². The van der Waals surface area contributed by atoms with E-state index in [-0.39, 0.29) is 5.56 Å². The number of aromatic nitrogens is 4. The number of hydrogen-bond acceptors (Lipinski definition) is 4. The fraction of sp³-hybridized carbons (Fsp3) is 0.214. The molecule has 2 aromatic heterocycles. The first-order valence-electron chi connectivity index (χ1n) is 6.45. The van der Waals surface area contributed by atoms with Crippen molar-refractivity contribution in [2.45, 2.75) is 20.0 Å². The summed E-state index contributed by atoms with van der Waals surface area (Å²) in [6.45, 7) is 3.08. The highest BCUT2D eigenvalue weighted by atomic mass is 16.1. The van der Waals surface area contributed by atoms with E-state index in [2.05, 4.69) is 10.2 Å². The second kappa shape index (κ2) is 4.80. The minimum atomic E-state index is -0.105. The van der Waals surface area contributed by atoms with Crippen molar-refractivity contribution >= 4 is 16.6 Å². The normalized spacial score (nSPS) is 11.1. The monoisotopic (exact) mass is 269 g/mol. The van der Waals surface area contributed by atoms with Gasteiger partial charge in [-0.2, -0.15) is 0 Å². The molecule has 0 aliphatic heterocycles. The lowest BCUT2D eigenvalue weighted by Gasteiger charge is -2.11. The Balaban J connectivity index is 2.14. The molecule has 0 spiro atoms. The Hall–Kier alpha value is -2.63. The maximum atomic E-state index is 12.5. The molecule has 0 amide bonds. The molecule has 3 rings (SSSR count). The van der Waals surface area contributed by atoms with Crippen LogP contribution in [0.2, 0.25) is 0 Å². The van der Waals surface area contributed by atoms with Crippen LogP contribution in [0.1, 0.15) is 12.7 Å². The topological polar surface area (TPSA) is 78.7 Å². The van der Waals surface area contributed by atoms with E-state index in [1.54, 1.807) is 12.4 Å². The van der Waals surface area contributed by atoms with Gasteiger partial charge in [-0.3, -0.25) is 9.36 Å². The number of benzene rings is 1. The van der Waals surface area contributed by atoms with Gasteiger partial charge in [0, 0.05) is 11.9 Å². The molecule has 0 saturated carbocycles. The highest BCUT2D eigenvalue weighted by Gasteiger charge is 2.10. The molecule has 0 unspecified atom stereocenters. The molecule has 2 N–H and O–H groups in total. The number of fused-ring (bicyclic) bond motifs is 1. The van der Waals surface area contributed by atoms with Crippen molar-refractivity contribution in [1.29, 1.82) is 0 Å². The van der Waals surface area contributed by atoms with Gasteiger partial charge < -0.3 is 10.3 Å². The van der Waals surface area contributed by atoms with Gasteiger partial charge in [0.25, 0.3) is 5.56 Å². The third-order valence-electron chi connectivity index (χ3n) is 3.39. The lowest BCUT2D eigenvalue weighted by molar-refractivity contribution is 0.646. The van der Waals surface area contributed by atoms with Crippen molar-refractivity contribution in [2.24, 2.45) is 0 Å². The number of aryl methyl sites for hydroxylation is 1. The summed E-state index contributed by atoms with van der Waals surface area (Å²) in [5.41, 5.74) is 5.90. The number of nitrogen functional groups attached to an aromatic ring is 1. The van der Waals surface area contributed by atoms with Crippen molar-refractivity contribution in [1.82, 2.24) is 19.3 Å². The van der Waals surface area contributed by atoms with Crippen molar-refractivity contribution in [3.63, 3.8) is 0 Å². The van der Waals surface area contributed by atoms with E-state index in [4.69, 9.17) is 5.73 Å². The standard InChI is InChI=1S/C14H15N5O/c1-2-18-9-16-17-13(18)8-19-12(15)7-10-5-3-4-6-11(10)14(19)20/h3-7,9H,2,8,15H2,1H3. The summed E-state index contributed by atoms with van der Waals surface area (Å²) in [4.78, 5) is 12.5. The van der Waals surface area contributed by atoms with Crippen LogP contribution in [0.15, 0.2) is 41.5 Å². The third kappa shape index (κ3) is 1.95. The minimum absolute atomic E-state index is 0.105. The smallest absolute Gasteiger partial charge is 0.260 e. The highest BCUT2D eigenvalue weighted by molar-refractivity contribution is 5.83. The van der Waals surface area contributed by atoms with Crippen LogP contribution in [0.5, 0.6) is 0 Å². The molecule has 0 saturated heterocycles. The number of anilines is 1. The van der Waals surface area contributed by atoms with Crippen molar-refractivity contribution < 1.29 is 0 Å². The van der Waals surface area contributed by atoms with Gasteiger partial charge in [-0.25, -0.2) is 0 Å². The SMILES string of the molecule is CCn1cnnc1Cn1c(N)cc2ccccc2c1=O. The molecule has 102 valence electrons. The number of pyridine rings is 1. The average Bonchev–Trinajstić information content (AvgIpc) is 2.90. The number of rotatable bonds is 3. The van der Waals surface area contributed by atoms with Crippen molar-refractivity contribution in [3.05, 3.63) is 52.8 Å². The van der Waals surface area contributed by atoms with Crippen molar-refractivity contribution in [3.8, 4) is 0 Å². The molecule has 0 bridgehead atoms. The Labute approximate surface area is 115 Å². The van der Waals surface area contributed by atoms with E-state index in [9.17, 15) is 4.79 Å². The molecular weight excluding hydrogens is 254 g/mol. The van der Waals surface area contributed by atoms with Gasteiger partial charge in [0.15, 0.2) is 5.82 Å². The maximum absolute atomic E-state index is 12.5. The molecule has 6 heteroatoms. The van der Waals surface area contributed by atoms with Crippen LogP contribution in [-0.4, -0.2) is 19.3 Å². The van der Waals surface area contributed by atoms with Gasteiger partial charge in [-0.05, 0) is 24.4 Å². The molecule has 3 aromatic rings. The quantitative estimate of drug-likeness (QED) is 0.776. The van der Waals surface area contributed by atoms with Crippen LogP contribution < -0.4 is 11.3 Å². The lowest BCUT2D eigenvalue weighted by atomic mass is 10.1. The van der Waals surface area contributed by atoms with E-state index in [0.717, 1.165) is 17.8 Å². The minimum Gasteiger partial charge on any atom is -0.385 e. The molecule has 0 aliphatic rings. The fourth-order valence-corrected chi connectivity index (χ4v) is 2.29. The van der Waals surface area contributed by atoms with Crippen molar-refractivity contribution in [2.75, 3.05) is 5.73 Å². The van der Waals surface area contributed by atoms with Gasteiger partial charge in [0.1, 0.15) is 12.1 Å². The summed E-state index contributed by atoms with van der Waals surface area (Å²) in [6, 6.07) is 9.23. The Morgan fingerprint density at radius 2 is 2.10 bits per heavy atom. The summed E-state index contributed by atoms with van der Waals surface area (Å²) in [5.74, 6) is 1.15. The van der Waals surface area contributed by atoms with Gasteiger partial charge in [0.2, 0.25) is 0 Å². The summed E-state index contributed by atoms with van der Waals surface area (Å²) in [5, 5.41) is 9.42. The van der Waals surface area contributed by atoms with Gasteiger partial charge in [-0.15, -0.1) is 10.2 Å². The second-order valence-electron chi connectivity index (χ2n) is 4.58. The predicted octanol–water partition coefficient (Wildman–Crippen LogP) is 1.24. The Morgan fingerprint density at radius 1 is 1.30 bits per heavy atom. The molecule has 0 fully saturated rings. The first-order valence-corrected chi connectivity index (χ1v) is 6.45. The van der Waals surface area contributed by atoms with Crippen LogP contribution in [-0.2, 0) is 13.1 Å². The molecule has 6 nitrogen and oxygen atoms in total. The van der Waals surface area contributed by atoms with Crippen LogP contribution in [0.25, 0.3) is 10.8 Å². The van der Waals surface area contributed by atoms with Crippen LogP contribution in [0.4, 0.5) is 5.82 Å². The maximum Gasteiger partial charge on any atom is 0.260 e. The lowest BCUT2D eigenvalue weighted by Crippen LogP contribution is -2.25. The van der Waals surface area contributed by atoms with Crippen LogP contribution in [0, 0.1) is 0 Å². The molecule has 2 heterocycles. The fourth-order valence-electron chi connectivity index (χ4n) is 2.29. The first-order chi connectivity index (χ1) is 9.70. The molecular formula is C14H15N5O. The summed E-state index contributed by atoms with van der Waals surface area (Å²) >= 11 is 0. The number of nitrogens with zero attached hydrogens (tertiary/aromatic N) is 4. The molecule has 0 radical (unpaired) electrons. The molecule has 20 heavy (non-hydrogen) atoms. The predicted molar refractivity (Wildman–Crippen MR) is 77.4 cm³/mol. The third-order valence-corrected chi connectivity index (χ3v) is 3.39. The Bertz CT molecular complexity index is 818. The first kappa shape index (κ1) is 12.4. The molecule has 1 aromatic carbocycles. The Morgan fingerprint density at radius 3 is 2.90 bits per heavy atom. The van der Waals surface area contributed by atoms with Gasteiger partial charge >= 0.3 is 0 Å². The zero-order valence-electron chi connectivity index (χ0n) is 11.2. The number of hydrogen-bond donors (Lipinski definition) is 1. The summed E-state index contributed by atoms with van der Waals surface area (Å²) < 4.78 is 3.42. The van der Waals surface area contributed by atoms with Crippen LogP contribution in [0.3, 0.4) is 0 Å². The summed E-state index contributed by atoms with van der Waals surface area (Å²) in [7, 11) is 0. The second-order valence-corrected chi connectivity index (χ2v) is 4.58. The molecule has 0 aliphatic carbocycles. The van der Waals surface area contributed by atoms with E-state index in [1.807, 2.05) is 35.8 Å².